The summed E-state index contributed by atoms with van der Waals surface area (Å²) in [6.07, 6.45) is 0. The normalized spacial score (nSPS) is 10.2. The molecular weight excluding hydrogens is 218 g/mol. The van der Waals surface area contributed by atoms with Crippen LogP contribution in [-0.4, -0.2) is 21.2 Å². The summed E-state index contributed by atoms with van der Waals surface area (Å²) in [6.45, 7) is 3.69. The van der Waals surface area contributed by atoms with Gasteiger partial charge in [-0.3, -0.25) is 9.89 Å². The van der Waals surface area contributed by atoms with E-state index in [-0.39, 0.29) is 17.2 Å². The molecule has 88 valence electrons. The predicted molar refractivity (Wildman–Crippen MR) is 64.1 cm³/mol. The van der Waals surface area contributed by atoms with Crippen molar-refractivity contribution in [1.29, 1.82) is 0 Å². The number of hydrogen-bond donors (Lipinski definition) is 3. The lowest BCUT2D eigenvalue weighted by Gasteiger charge is -2.04. The summed E-state index contributed by atoms with van der Waals surface area (Å²) in [6, 6.07) is 6.61. The van der Waals surface area contributed by atoms with E-state index < -0.39 is 0 Å². The quantitative estimate of drug-likeness (QED) is 0.739. The number of aromatic amines is 1. The fourth-order valence-electron chi connectivity index (χ4n) is 1.50. The molecule has 17 heavy (non-hydrogen) atoms. The van der Waals surface area contributed by atoms with Crippen LogP contribution in [0.2, 0.25) is 0 Å². The topological polar surface area (TPSA) is 78.0 Å². The van der Waals surface area contributed by atoms with E-state index in [1.165, 1.54) is 0 Å². The van der Waals surface area contributed by atoms with E-state index in [4.69, 9.17) is 0 Å². The van der Waals surface area contributed by atoms with Gasteiger partial charge in [0.25, 0.3) is 5.91 Å². The van der Waals surface area contributed by atoms with E-state index in [2.05, 4.69) is 15.5 Å². The molecule has 2 aromatic rings. The average molecular weight is 231 g/mol. The summed E-state index contributed by atoms with van der Waals surface area (Å²) in [7, 11) is 0. The van der Waals surface area contributed by atoms with Crippen LogP contribution in [0.25, 0.3) is 0 Å². The number of carbonyl (C=O) groups is 1. The standard InChI is InChI=1S/C12H13N3O2/c1-7-3-4-9(10(16)5-7)12(17)13-11-6-8(2)14-15-11/h3-6,16H,1-2H3,(H2,13,14,15,17). The second-order valence-electron chi connectivity index (χ2n) is 3.91. The number of H-pyrrole nitrogens is 1. The van der Waals surface area contributed by atoms with Gasteiger partial charge in [0, 0.05) is 11.8 Å². The molecule has 1 aromatic carbocycles. The lowest BCUT2D eigenvalue weighted by molar-refractivity contribution is 0.102. The van der Waals surface area contributed by atoms with Gasteiger partial charge >= 0.3 is 0 Å². The first-order valence-electron chi connectivity index (χ1n) is 5.19. The molecule has 0 aliphatic heterocycles. The third-order valence-electron chi connectivity index (χ3n) is 2.35. The molecule has 0 aliphatic carbocycles. The lowest BCUT2D eigenvalue weighted by Crippen LogP contribution is -2.12. The van der Waals surface area contributed by atoms with Crippen LogP contribution in [0.3, 0.4) is 0 Å². The van der Waals surface area contributed by atoms with Gasteiger partial charge in [-0.2, -0.15) is 5.10 Å². The minimum atomic E-state index is -0.381. The van der Waals surface area contributed by atoms with E-state index >= 15 is 0 Å². The van der Waals surface area contributed by atoms with Gasteiger partial charge in [0.05, 0.1) is 5.56 Å². The molecular formula is C12H13N3O2. The Hall–Kier alpha value is -2.30. The number of amides is 1. The smallest absolute Gasteiger partial charge is 0.260 e. The Kier molecular flexibility index (Phi) is 2.82. The minimum absolute atomic E-state index is 0.0326. The van der Waals surface area contributed by atoms with Gasteiger partial charge in [-0.15, -0.1) is 0 Å². The number of aryl methyl sites for hydroxylation is 2. The third-order valence-corrected chi connectivity index (χ3v) is 2.35. The molecule has 1 aromatic heterocycles. The number of hydrogen-bond acceptors (Lipinski definition) is 3. The number of nitrogens with zero attached hydrogens (tertiary/aromatic N) is 1. The number of phenolic OH excluding ortho intramolecular Hbond substituents is 1. The monoisotopic (exact) mass is 231 g/mol. The first kappa shape index (κ1) is 11.2. The molecule has 5 nitrogen and oxygen atoms in total. The number of aromatic nitrogens is 2. The molecule has 0 bridgehead atoms. The molecule has 1 amide bonds. The van der Waals surface area contributed by atoms with Crippen LogP contribution in [-0.2, 0) is 0 Å². The highest BCUT2D eigenvalue weighted by Gasteiger charge is 2.12. The van der Waals surface area contributed by atoms with Crippen LogP contribution in [0.5, 0.6) is 5.75 Å². The number of carbonyl (C=O) groups excluding carboxylic acids is 1. The number of nitrogens with one attached hydrogen (secondary N) is 2. The number of benzene rings is 1. The average Bonchev–Trinajstić information content (AvgIpc) is 2.63. The molecule has 3 N–H and O–H groups in total. The van der Waals surface area contributed by atoms with Crippen molar-refractivity contribution in [3.05, 3.63) is 41.1 Å². The maximum Gasteiger partial charge on any atom is 0.260 e. The summed E-state index contributed by atoms with van der Waals surface area (Å²) in [4.78, 5) is 11.8. The molecule has 0 fully saturated rings. The zero-order valence-electron chi connectivity index (χ0n) is 9.61. The first-order valence-corrected chi connectivity index (χ1v) is 5.19. The van der Waals surface area contributed by atoms with Crippen molar-refractivity contribution in [1.82, 2.24) is 10.2 Å². The van der Waals surface area contributed by atoms with E-state index in [1.807, 2.05) is 13.8 Å². The SMILES string of the molecule is Cc1ccc(C(=O)Nc2cc(C)[nH]n2)c(O)c1. The van der Waals surface area contributed by atoms with Crippen LogP contribution in [0, 0.1) is 13.8 Å². The summed E-state index contributed by atoms with van der Waals surface area (Å²) >= 11 is 0. The molecule has 0 saturated heterocycles. The third kappa shape index (κ3) is 2.44. The Morgan fingerprint density at radius 3 is 2.71 bits per heavy atom. The molecule has 2 rings (SSSR count). The molecule has 0 unspecified atom stereocenters. The van der Waals surface area contributed by atoms with Crippen molar-refractivity contribution >= 4 is 11.7 Å². The first-order chi connectivity index (χ1) is 8.06. The number of rotatable bonds is 2. The maximum atomic E-state index is 11.8. The zero-order valence-corrected chi connectivity index (χ0v) is 9.61. The Bertz CT molecular complexity index is 561. The Labute approximate surface area is 98.5 Å². The van der Waals surface area contributed by atoms with Gasteiger partial charge in [-0.25, -0.2) is 0 Å². The van der Waals surface area contributed by atoms with Gasteiger partial charge in [-0.05, 0) is 31.5 Å². The second kappa shape index (κ2) is 4.29. The van der Waals surface area contributed by atoms with E-state index in [0.717, 1.165) is 11.3 Å². The van der Waals surface area contributed by atoms with Crippen molar-refractivity contribution < 1.29 is 9.90 Å². The van der Waals surface area contributed by atoms with Crippen LogP contribution < -0.4 is 5.32 Å². The van der Waals surface area contributed by atoms with Crippen LogP contribution >= 0.6 is 0 Å². The minimum Gasteiger partial charge on any atom is -0.507 e. The van der Waals surface area contributed by atoms with E-state index in [9.17, 15) is 9.90 Å². The zero-order chi connectivity index (χ0) is 12.4. The molecule has 0 radical (unpaired) electrons. The van der Waals surface area contributed by atoms with E-state index in [0.29, 0.717) is 5.82 Å². The van der Waals surface area contributed by atoms with Gasteiger partial charge in [0.2, 0.25) is 0 Å². The van der Waals surface area contributed by atoms with Crippen LogP contribution in [0.1, 0.15) is 21.6 Å². The number of phenols is 1. The molecule has 1 heterocycles. The fraction of sp³-hybridized carbons (Fsp3) is 0.167. The largest absolute Gasteiger partial charge is 0.507 e. The highest BCUT2D eigenvalue weighted by atomic mass is 16.3. The van der Waals surface area contributed by atoms with Crippen LogP contribution in [0.4, 0.5) is 5.82 Å². The van der Waals surface area contributed by atoms with Crippen LogP contribution in [0.15, 0.2) is 24.3 Å². The van der Waals surface area contributed by atoms with Crippen molar-refractivity contribution in [3.8, 4) is 5.75 Å². The lowest BCUT2D eigenvalue weighted by atomic mass is 10.1. The van der Waals surface area contributed by atoms with Gasteiger partial charge in [0.1, 0.15) is 5.75 Å². The highest BCUT2D eigenvalue weighted by molar-refractivity contribution is 6.05. The van der Waals surface area contributed by atoms with Crippen molar-refractivity contribution in [2.75, 3.05) is 5.32 Å². The van der Waals surface area contributed by atoms with Gasteiger partial charge in [0.15, 0.2) is 5.82 Å². The summed E-state index contributed by atoms with van der Waals surface area (Å²) in [5.74, 6) is 0.0243. The molecule has 0 atom stereocenters. The Morgan fingerprint density at radius 1 is 1.35 bits per heavy atom. The van der Waals surface area contributed by atoms with E-state index in [1.54, 1.807) is 24.3 Å². The fourth-order valence-corrected chi connectivity index (χ4v) is 1.50. The van der Waals surface area contributed by atoms with Crippen molar-refractivity contribution in [2.45, 2.75) is 13.8 Å². The van der Waals surface area contributed by atoms with Crippen molar-refractivity contribution in [2.24, 2.45) is 0 Å². The Balaban J connectivity index is 2.20. The van der Waals surface area contributed by atoms with Crippen molar-refractivity contribution in [3.63, 3.8) is 0 Å². The molecule has 0 saturated carbocycles. The molecule has 0 aliphatic rings. The molecule has 5 heteroatoms. The summed E-state index contributed by atoms with van der Waals surface area (Å²) in [5, 5.41) is 18.9. The second-order valence-corrected chi connectivity index (χ2v) is 3.91. The summed E-state index contributed by atoms with van der Waals surface area (Å²) in [5.41, 5.74) is 1.99. The maximum absolute atomic E-state index is 11.8. The van der Waals surface area contributed by atoms with Gasteiger partial charge < -0.3 is 10.4 Å². The predicted octanol–water partition coefficient (Wildman–Crippen LogP) is 1.98. The highest BCUT2D eigenvalue weighted by Crippen LogP contribution is 2.19. The number of aromatic hydroxyl groups is 1. The molecule has 0 spiro atoms. The van der Waals surface area contributed by atoms with Gasteiger partial charge in [-0.1, -0.05) is 6.07 Å². The Morgan fingerprint density at radius 2 is 2.12 bits per heavy atom. The number of anilines is 1. The summed E-state index contributed by atoms with van der Waals surface area (Å²) < 4.78 is 0.